The van der Waals surface area contributed by atoms with E-state index in [1.165, 1.54) is 11.5 Å². The number of methoxy groups -OCH3 is 1. The topological polar surface area (TPSA) is 60.7 Å². The van der Waals surface area contributed by atoms with E-state index in [2.05, 4.69) is 6.92 Å². The molecule has 1 heterocycles. The molecule has 0 saturated carbocycles. The van der Waals surface area contributed by atoms with Crippen molar-refractivity contribution in [1.29, 1.82) is 0 Å². The number of phenolic OH excluding ortho intramolecular Hbond substituents is 1. The molecule has 0 aliphatic carbocycles. The van der Waals surface area contributed by atoms with Crippen LogP contribution in [0, 0.1) is 0 Å². The van der Waals surface area contributed by atoms with E-state index < -0.39 is 0 Å². The molecule has 3 rings (SSSR count). The second-order valence-electron chi connectivity index (χ2n) is 6.44. The van der Waals surface area contributed by atoms with E-state index in [1.54, 1.807) is 29.3 Å². The number of fused-ring (bicyclic) bond motifs is 1. The van der Waals surface area contributed by atoms with E-state index in [4.69, 9.17) is 9.47 Å². The summed E-state index contributed by atoms with van der Waals surface area (Å²) in [5.41, 5.74) is 1.07. The Morgan fingerprint density at radius 1 is 1.11 bits per heavy atom. The molecule has 0 fully saturated rings. The van der Waals surface area contributed by atoms with Gasteiger partial charge < -0.3 is 14.6 Å². The van der Waals surface area contributed by atoms with Gasteiger partial charge in [-0.15, -0.1) is 0 Å². The summed E-state index contributed by atoms with van der Waals surface area (Å²) in [4.78, 5) is 12.8. The smallest absolute Gasteiger partial charge is 0.268 e. The number of ether oxygens (including phenoxy) is 2. The Kier molecular flexibility index (Phi) is 6.40. The molecule has 0 saturated heterocycles. The van der Waals surface area contributed by atoms with Gasteiger partial charge >= 0.3 is 0 Å². The zero-order valence-electron chi connectivity index (χ0n) is 15.7. The first-order valence-corrected chi connectivity index (χ1v) is 10.0. The fourth-order valence-corrected chi connectivity index (χ4v) is 4.03. The zero-order valence-corrected chi connectivity index (χ0v) is 16.6. The summed E-state index contributed by atoms with van der Waals surface area (Å²) in [7, 11) is 1.62. The highest BCUT2D eigenvalue weighted by atomic mass is 32.1. The third kappa shape index (κ3) is 4.45. The van der Waals surface area contributed by atoms with Gasteiger partial charge in [0.15, 0.2) is 11.5 Å². The average Bonchev–Trinajstić information content (AvgIpc) is 3.01. The maximum Gasteiger partial charge on any atom is 0.268 e. The monoisotopic (exact) mass is 387 g/mol. The number of nitrogens with zero attached hydrogens (tertiary/aromatic N) is 1. The van der Waals surface area contributed by atoms with Gasteiger partial charge in [-0.2, -0.15) is 0 Å². The maximum absolute atomic E-state index is 12.8. The van der Waals surface area contributed by atoms with Crippen LogP contribution in [0.3, 0.4) is 0 Å². The van der Waals surface area contributed by atoms with E-state index in [-0.39, 0.29) is 11.3 Å². The van der Waals surface area contributed by atoms with Crippen molar-refractivity contribution >= 4 is 21.6 Å². The lowest BCUT2D eigenvalue weighted by Crippen LogP contribution is -2.14. The van der Waals surface area contributed by atoms with Crippen molar-refractivity contribution in [1.82, 2.24) is 3.96 Å². The van der Waals surface area contributed by atoms with Gasteiger partial charge in [-0.3, -0.25) is 8.75 Å². The van der Waals surface area contributed by atoms with Crippen LogP contribution in [0.4, 0.5) is 0 Å². The minimum atomic E-state index is -0.00478. The van der Waals surface area contributed by atoms with Crippen LogP contribution in [-0.2, 0) is 13.0 Å². The summed E-state index contributed by atoms with van der Waals surface area (Å²) >= 11 is 1.42. The number of rotatable bonds is 9. The van der Waals surface area contributed by atoms with Gasteiger partial charge in [0.05, 0.1) is 19.1 Å². The van der Waals surface area contributed by atoms with Crippen LogP contribution in [-0.4, -0.2) is 22.8 Å². The number of hydrogen-bond donors (Lipinski definition) is 1. The lowest BCUT2D eigenvalue weighted by molar-refractivity contribution is 0.290. The summed E-state index contributed by atoms with van der Waals surface area (Å²) in [6.07, 6.45) is 3.94. The van der Waals surface area contributed by atoms with Gasteiger partial charge in [0.1, 0.15) is 10.4 Å². The number of aromatic hydroxyl groups is 1. The van der Waals surface area contributed by atoms with Crippen LogP contribution in [0.1, 0.15) is 31.7 Å². The summed E-state index contributed by atoms with van der Waals surface area (Å²) in [5.74, 6) is 1.57. The highest BCUT2D eigenvalue weighted by molar-refractivity contribution is 7.14. The molecule has 5 nitrogen and oxygen atoms in total. The van der Waals surface area contributed by atoms with E-state index in [1.807, 2.05) is 18.2 Å². The normalized spacial score (nSPS) is 11.0. The van der Waals surface area contributed by atoms with Crippen molar-refractivity contribution < 1.29 is 14.6 Å². The Hall–Kier alpha value is -2.47. The number of benzene rings is 2. The van der Waals surface area contributed by atoms with Gasteiger partial charge in [0.2, 0.25) is 0 Å². The standard InChI is InChI=1S/C21H25NO4S/c1-3-4-5-14-26-19-18(25-2)11-10-17-20(19)27-22(21(17)24)13-12-15-6-8-16(23)9-7-15/h6-11,23H,3-5,12-14H2,1-2H3. The maximum atomic E-state index is 12.8. The molecule has 27 heavy (non-hydrogen) atoms. The molecule has 3 aromatic rings. The molecule has 0 radical (unpaired) electrons. The summed E-state index contributed by atoms with van der Waals surface area (Å²) < 4.78 is 14.0. The Balaban J connectivity index is 1.85. The summed E-state index contributed by atoms with van der Waals surface area (Å²) in [6, 6.07) is 10.7. The van der Waals surface area contributed by atoms with Crippen LogP contribution in [0.15, 0.2) is 41.2 Å². The second kappa shape index (κ2) is 8.95. The van der Waals surface area contributed by atoms with Crippen molar-refractivity contribution in [3.05, 3.63) is 52.3 Å². The lowest BCUT2D eigenvalue weighted by Gasteiger charge is -2.10. The first kappa shape index (κ1) is 19.3. The molecule has 0 amide bonds. The Bertz CT molecular complexity index is 943. The molecule has 6 heteroatoms. The minimum absolute atomic E-state index is 0.00478. The number of unbranched alkanes of at least 4 members (excludes halogenated alkanes) is 2. The number of aryl methyl sites for hydroxylation is 2. The summed E-state index contributed by atoms with van der Waals surface area (Å²) in [6.45, 7) is 3.35. The Labute approximate surface area is 162 Å². The molecule has 0 bridgehead atoms. The molecule has 144 valence electrons. The van der Waals surface area contributed by atoms with Gasteiger partial charge in [-0.05, 0) is 42.7 Å². The van der Waals surface area contributed by atoms with Gasteiger partial charge in [-0.25, -0.2) is 0 Å². The van der Waals surface area contributed by atoms with Crippen LogP contribution < -0.4 is 15.0 Å². The highest BCUT2D eigenvalue weighted by Crippen LogP contribution is 2.37. The molecular formula is C21H25NO4S. The van der Waals surface area contributed by atoms with Gasteiger partial charge in [0.25, 0.3) is 5.56 Å². The van der Waals surface area contributed by atoms with E-state index in [0.29, 0.717) is 30.0 Å². The fourth-order valence-electron chi connectivity index (χ4n) is 2.95. The highest BCUT2D eigenvalue weighted by Gasteiger charge is 2.16. The molecular weight excluding hydrogens is 362 g/mol. The molecule has 0 aliphatic heterocycles. The van der Waals surface area contributed by atoms with Crippen molar-refractivity contribution in [2.75, 3.05) is 13.7 Å². The molecule has 0 unspecified atom stereocenters. The predicted octanol–water partition coefficient (Wildman–Crippen LogP) is 4.59. The number of aromatic nitrogens is 1. The van der Waals surface area contributed by atoms with Crippen LogP contribution >= 0.6 is 11.5 Å². The summed E-state index contributed by atoms with van der Waals surface area (Å²) in [5, 5.41) is 10.1. The molecule has 0 spiro atoms. The minimum Gasteiger partial charge on any atom is -0.508 e. The van der Waals surface area contributed by atoms with Gasteiger partial charge in [0, 0.05) is 6.54 Å². The predicted molar refractivity (Wildman–Crippen MR) is 109 cm³/mol. The molecule has 1 N–H and O–H groups in total. The number of phenols is 1. The second-order valence-corrected chi connectivity index (χ2v) is 7.48. The van der Waals surface area contributed by atoms with Crippen LogP contribution in [0.2, 0.25) is 0 Å². The largest absolute Gasteiger partial charge is 0.508 e. The molecule has 2 aromatic carbocycles. The van der Waals surface area contributed by atoms with Crippen molar-refractivity contribution in [2.24, 2.45) is 0 Å². The molecule has 0 atom stereocenters. The van der Waals surface area contributed by atoms with E-state index >= 15 is 0 Å². The fraction of sp³-hybridized carbons (Fsp3) is 0.381. The van der Waals surface area contributed by atoms with Crippen molar-refractivity contribution in [2.45, 2.75) is 39.2 Å². The Morgan fingerprint density at radius 2 is 1.89 bits per heavy atom. The lowest BCUT2D eigenvalue weighted by atomic mass is 10.1. The number of hydrogen-bond acceptors (Lipinski definition) is 5. The Morgan fingerprint density at radius 3 is 2.59 bits per heavy atom. The van der Waals surface area contributed by atoms with Gasteiger partial charge in [-0.1, -0.05) is 43.4 Å². The third-order valence-corrected chi connectivity index (χ3v) is 5.65. The van der Waals surface area contributed by atoms with E-state index in [9.17, 15) is 9.90 Å². The third-order valence-electron chi connectivity index (χ3n) is 4.49. The quantitative estimate of drug-likeness (QED) is 0.546. The zero-order chi connectivity index (χ0) is 19.2. The SMILES string of the molecule is CCCCCOc1c(OC)ccc2c(=O)n(CCc3ccc(O)cc3)sc12. The van der Waals surface area contributed by atoms with Crippen LogP contribution in [0.25, 0.3) is 10.1 Å². The molecule has 0 aliphatic rings. The van der Waals surface area contributed by atoms with Crippen molar-refractivity contribution in [3.8, 4) is 17.2 Å². The van der Waals surface area contributed by atoms with E-state index in [0.717, 1.165) is 35.9 Å². The van der Waals surface area contributed by atoms with Crippen LogP contribution in [0.5, 0.6) is 17.2 Å². The first-order valence-electron chi connectivity index (χ1n) is 9.25. The van der Waals surface area contributed by atoms with Crippen molar-refractivity contribution in [3.63, 3.8) is 0 Å². The first-order chi connectivity index (χ1) is 13.1. The average molecular weight is 388 g/mol. The molecule has 1 aromatic heterocycles.